The van der Waals surface area contributed by atoms with Gasteiger partial charge in [0.05, 0.1) is 6.61 Å². The second-order valence-electron chi connectivity index (χ2n) is 5.36. The molecule has 0 N–H and O–H groups in total. The van der Waals surface area contributed by atoms with Crippen LogP contribution in [0.1, 0.15) is 6.92 Å². The second kappa shape index (κ2) is 7.44. The molecule has 0 atom stereocenters. The molecule has 0 heterocycles. The number of para-hydroxylation sites is 2. The van der Waals surface area contributed by atoms with Gasteiger partial charge in [-0.2, -0.15) is 0 Å². The zero-order valence-electron chi connectivity index (χ0n) is 11.9. The molecule has 0 aromatic heterocycles. The summed E-state index contributed by atoms with van der Waals surface area (Å²) in [6.45, 7) is 10.7. The Hall–Kier alpha value is -1.00. The van der Waals surface area contributed by atoms with E-state index in [1.807, 2.05) is 31.2 Å². The van der Waals surface area contributed by atoms with Gasteiger partial charge in [-0.05, 0) is 25.1 Å². The van der Waals surface area contributed by atoms with Crippen LogP contribution >= 0.6 is 0 Å². The van der Waals surface area contributed by atoms with Crippen molar-refractivity contribution in [1.82, 2.24) is 0 Å². The highest BCUT2D eigenvalue weighted by Gasteiger charge is 2.12. The standard InChI is InChI=1S/C14H24O3Si/c1-5-16-13-8-6-7-9-14(13)17-12-15-10-11-18(2,3)4/h6-9H,5,10-12H2,1-4H3. The van der Waals surface area contributed by atoms with Gasteiger partial charge in [0.1, 0.15) is 0 Å². The molecule has 0 saturated carbocycles. The maximum Gasteiger partial charge on any atom is 0.189 e. The topological polar surface area (TPSA) is 27.7 Å². The largest absolute Gasteiger partial charge is 0.490 e. The maximum absolute atomic E-state index is 5.57. The Morgan fingerprint density at radius 2 is 1.61 bits per heavy atom. The molecule has 0 aliphatic heterocycles. The van der Waals surface area contributed by atoms with Crippen molar-refractivity contribution in [2.24, 2.45) is 0 Å². The van der Waals surface area contributed by atoms with Crippen LogP contribution in [0.15, 0.2) is 24.3 Å². The lowest BCUT2D eigenvalue weighted by Gasteiger charge is -2.16. The van der Waals surface area contributed by atoms with Gasteiger partial charge in [-0.25, -0.2) is 0 Å². The number of hydrogen-bond acceptors (Lipinski definition) is 3. The van der Waals surface area contributed by atoms with Crippen molar-refractivity contribution in [2.75, 3.05) is 20.0 Å². The average molecular weight is 268 g/mol. The summed E-state index contributed by atoms with van der Waals surface area (Å²) in [7, 11) is -1.02. The fraction of sp³-hybridized carbons (Fsp3) is 0.571. The molecular formula is C14H24O3Si. The molecule has 18 heavy (non-hydrogen) atoms. The predicted octanol–water partition coefficient (Wildman–Crippen LogP) is 3.78. The summed E-state index contributed by atoms with van der Waals surface area (Å²) >= 11 is 0. The van der Waals surface area contributed by atoms with E-state index >= 15 is 0 Å². The van der Waals surface area contributed by atoms with E-state index in [9.17, 15) is 0 Å². The second-order valence-corrected chi connectivity index (χ2v) is 11.0. The first-order valence-electron chi connectivity index (χ1n) is 6.45. The Balaban J connectivity index is 2.31. The molecule has 0 aliphatic rings. The van der Waals surface area contributed by atoms with Crippen molar-refractivity contribution in [3.63, 3.8) is 0 Å². The zero-order chi connectivity index (χ0) is 13.4. The molecule has 0 saturated heterocycles. The molecule has 1 aromatic carbocycles. The maximum atomic E-state index is 5.57. The van der Waals surface area contributed by atoms with Gasteiger partial charge in [-0.3, -0.25) is 0 Å². The summed E-state index contributed by atoms with van der Waals surface area (Å²) in [6.07, 6.45) is 0. The molecule has 0 bridgehead atoms. The third-order valence-electron chi connectivity index (χ3n) is 2.44. The lowest BCUT2D eigenvalue weighted by atomic mass is 10.3. The van der Waals surface area contributed by atoms with Gasteiger partial charge in [0.25, 0.3) is 0 Å². The van der Waals surface area contributed by atoms with Gasteiger partial charge >= 0.3 is 0 Å². The van der Waals surface area contributed by atoms with E-state index < -0.39 is 8.07 Å². The van der Waals surface area contributed by atoms with Crippen LogP contribution in [-0.4, -0.2) is 28.1 Å². The predicted molar refractivity (Wildman–Crippen MR) is 77.2 cm³/mol. The smallest absolute Gasteiger partial charge is 0.189 e. The fourth-order valence-electron chi connectivity index (χ4n) is 1.39. The lowest BCUT2D eigenvalue weighted by Crippen LogP contribution is -2.22. The summed E-state index contributed by atoms with van der Waals surface area (Å²) in [6, 6.07) is 8.82. The Morgan fingerprint density at radius 1 is 1.00 bits per heavy atom. The fourth-order valence-corrected chi connectivity index (χ4v) is 2.14. The van der Waals surface area contributed by atoms with Crippen LogP contribution in [0.5, 0.6) is 11.5 Å². The highest BCUT2D eigenvalue weighted by atomic mass is 28.3. The minimum Gasteiger partial charge on any atom is -0.490 e. The number of hydrogen-bond donors (Lipinski definition) is 0. The lowest BCUT2D eigenvalue weighted by molar-refractivity contribution is 0.0202. The van der Waals surface area contributed by atoms with E-state index in [4.69, 9.17) is 14.2 Å². The van der Waals surface area contributed by atoms with Crippen molar-refractivity contribution in [3.8, 4) is 11.5 Å². The minimum atomic E-state index is -1.02. The quantitative estimate of drug-likeness (QED) is 0.408. The van der Waals surface area contributed by atoms with E-state index in [-0.39, 0.29) is 6.79 Å². The van der Waals surface area contributed by atoms with Crippen molar-refractivity contribution in [3.05, 3.63) is 24.3 Å². The first-order valence-corrected chi connectivity index (χ1v) is 10.2. The molecule has 1 rings (SSSR count). The molecule has 1 aromatic rings. The highest BCUT2D eigenvalue weighted by Crippen LogP contribution is 2.26. The van der Waals surface area contributed by atoms with Crippen molar-refractivity contribution in [2.45, 2.75) is 32.6 Å². The Bertz CT molecular complexity index is 347. The van der Waals surface area contributed by atoms with Gasteiger partial charge in [0, 0.05) is 14.7 Å². The van der Waals surface area contributed by atoms with E-state index in [2.05, 4.69) is 19.6 Å². The Kier molecular flexibility index (Phi) is 6.22. The van der Waals surface area contributed by atoms with E-state index in [1.165, 1.54) is 0 Å². The van der Waals surface area contributed by atoms with E-state index in [0.717, 1.165) is 24.2 Å². The normalized spacial score (nSPS) is 11.3. The summed E-state index contributed by atoms with van der Waals surface area (Å²) < 4.78 is 16.6. The average Bonchev–Trinajstić information content (AvgIpc) is 2.29. The van der Waals surface area contributed by atoms with Gasteiger partial charge in [-0.1, -0.05) is 31.8 Å². The van der Waals surface area contributed by atoms with Crippen LogP contribution < -0.4 is 9.47 Å². The molecule has 0 radical (unpaired) electrons. The zero-order valence-corrected chi connectivity index (χ0v) is 12.9. The number of rotatable bonds is 8. The monoisotopic (exact) mass is 268 g/mol. The molecule has 4 heteroatoms. The van der Waals surface area contributed by atoms with Crippen LogP contribution in [0.25, 0.3) is 0 Å². The summed E-state index contributed by atoms with van der Waals surface area (Å²) in [4.78, 5) is 0. The molecule has 0 aliphatic carbocycles. The van der Waals surface area contributed by atoms with Crippen molar-refractivity contribution >= 4 is 8.07 Å². The molecular weight excluding hydrogens is 244 g/mol. The van der Waals surface area contributed by atoms with Gasteiger partial charge in [0.15, 0.2) is 18.3 Å². The minimum absolute atomic E-state index is 0.286. The Labute approximate surface area is 111 Å². The molecule has 0 unspecified atom stereocenters. The van der Waals surface area contributed by atoms with Crippen LogP contribution in [0.3, 0.4) is 0 Å². The van der Waals surface area contributed by atoms with Crippen LogP contribution in [0.2, 0.25) is 25.7 Å². The molecule has 0 fully saturated rings. The first-order chi connectivity index (χ1) is 8.53. The van der Waals surface area contributed by atoms with Crippen LogP contribution in [0.4, 0.5) is 0 Å². The summed E-state index contributed by atoms with van der Waals surface area (Å²) in [5, 5.41) is 0. The number of benzene rings is 1. The summed E-state index contributed by atoms with van der Waals surface area (Å²) in [5.74, 6) is 1.51. The van der Waals surface area contributed by atoms with Gasteiger partial charge < -0.3 is 14.2 Å². The highest BCUT2D eigenvalue weighted by molar-refractivity contribution is 6.76. The molecule has 3 nitrogen and oxygen atoms in total. The van der Waals surface area contributed by atoms with Gasteiger partial charge in [-0.15, -0.1) is 0 Å². The first kappa shape index (κ1) is 15.1. The van der Waals surface area contributed by atoms with Crippen LogP contribution in [-0.2, 0) is 4.74 Å². The number of ether oxygens (including phenoxy) is 3. The third-order valence-corrected chi connectivity index (χ3v) is 4.15. The third kappa shape index (κ3) is 6.07. The van der Waals surface area contributed by atoms with Crippen LogP contribution in [0, 0.1) is 0 Å². The van der Waals surface area contributed by atoms with Gasteiger partial charge in [0.2, 0.25) is 0 Å². The molecule has 0 amide bonds. The summed E-state index contributed by atoms with van der Waals surface area (Å²) in [5.41, 5.74) is 0. The van der Waals surface area contributed by atoms with E-state index in [1.54, 1.807) is 0 Å². The SMILES string of the molecule is CCOc1ccccc1OCOCC[Si](C)(C)C. The molecule has 0 spiro atoms. The molecule has 102 valence electrons. The Morgan fingerprint density at radius 3 is 2.17 bits per heavy atom. The van der Waals surface area contributed by atoms with Crippen molar-refractivity contribution in [1.29, 1.82) is 0 Å². The van der Waals surface area contributed by atoms with E-state index in [0.29, 0.717) is 6.61 Å². The van der Waals surface area contributed by atoms with Crippen molar-refractivity contribution < 1.29 is 14.2 Å².